The summed E-state index contributed by atoms with van der Waals surface area (Å²) in [6.07, 6.45) is 12.1. The number of nitrogens with one attached hydrogen (secondary N) is 1. The molecule has 138 valence electrons. The van der Waals surface area contributed by atoms with Crippen molar-refractivity contribution in [1.82, 2.24) is 20.0 Å². The van der Waals surface area contributed by atoms with Gasteiger partial charge in [0, 0.05) is 32.0 Å². The van der Waals surface area contributed by atoms with E-state index < -0.39 is 0 Å². The molecule has 2 heterocycles. The molecule has 0 unspecified atom stereocenters. The van der Waals surface area contributed by atoms with E-state index >= 15 is 0 Å². The fourth-order valence-electron chi connectivity index (χ4n) is 3.61. The summed E-state index contributed by atoms with van der Waals surface area (Å²) in [5.41, 5.74) is 1.50. The van der Waals surface area contributed by atoms with Crippen LogP contribution in [0.15, 0.2) is 30.1 Å². The van der Waals surface area contributed by atoms with E-state index in [4.69, 9.17) is 4.74 Å². The lowest BCUT2D eigenvalue weighted by atomic mass is 9.97. The second-order valence-electron chi connectivity index (χ2n) is 7.04. The number of nitrogens with zero attached hydrogens (tertiary/aromatic N) is 3. The Morgan fingerprint density at radius 1 is 1.48 bits per heavy atom. The molecule has 6 heteroatoms. The monoisotopic (exact) mass is 346 g/mol. The smallest absolute Gasteiger partial charge is 0.237 e. The van der Waals surface area contributed by atoms with Gasteiger partial charge < -0.3 is 10.1 Å². The zero-order chi connectivity index (χ0) is 17.5. The molecule has 0 saturated carbocycles. The number of morpholine rings is 1. The van der Waals surface area contributed by atoms with Gasteiger partial charge in [0.05, 0.1) is 25.3 Å². The Morgan fingerprint density at radius 2 is 2.40 bits per heavy atom. The summed E-state index contributed by atoms with van der Waals surface area (Å²) in [5, 5.41) is 7.34. The van der Waals surface area contributed by atoms with Gasteiger partial charge in [0.2, 0.25) is 5.91 Å². The minimum absolute atomic E-state index is 0.0799. The molecule has 0 aromatic carbocycles. The maximum absolute atomic E-state index is 12.5. The summed E-state index contributed by atoms with van der Waals surface area (Å²) in [6.45, 7) is 5.69. The van der Waals surface area contributed by atoms with Gasteiger partial charge in [0.25, 0.3) is 0 Å². The van der Waals surface area contributed by atoms with Crippen molar-refractivity contribution in [3.05, 3.63) is 30.1 Å². The van der Waals surface area contributed by atoms with Crippen LogP contribution in [0.3, 0.4) is 0 Å². The van der Waals surface area contributed by atoms with Crippen molar-refractivity contribution in [2.45, 2.75) is 57.7 Å². The lowest BCUT2D eigenvalue weighted by molar-refractivity contribution is -0.129. The Hall–Kier alpha value is -1.66. The van der Waals surface area contributed by atoms with Gasteiger partial charge in [-0.15, -0.1) is 0 Å². The van der Waals surface area contributed by atoms with Crippen LogP contribution in [0.1, 0.15) is 39.0 Å². The highest BCUT2D eigenvalue weighted by Crippen LogP contribution is 2.19. The summed E-state index contributed by atoms with van der Waals surface area (Å²) >= 11 is 0. The Balaban J connectivity index is 1.42. The molecule has 25 heavy (non-hydrogen) atoms. The molecule has 2 aliphatic rings. The first kappa shape index (κ1) is 18.1. The van der Waals surface area contributed by atoms with Crippen LogP contribution in [0.2, 0.25) is 0 Å². The van der Waals surface area contributed by atoms with E-state index in [2.05, 4.69) is 21.4 Å². The van der Waals surface area contributed by atoms with Gasteiger partial charge in [-0.2, -0.15) is 5.10 Å². The minimum Gasteiger partial charge on any atom is -0.374 e. The third kappa shape index (κ3) is 5.41. The number of hydrogen-bond acceptors (Lipinski definition) is 4. The van der Waals surface area contributed by atoms with Crippen LogP contribution in [0.4, 0.5) is 0 Å². The molecule has 6 nitrogen and oxygen atoms in total. The first-order chi connectivity index (χ1) is 12.2. The maximum atomic E-state index is 12.5. The molecule has 0 bridgehead atoms. The lowest BCUT2D eigenvalue weighted by Crippen LogP contribution is -2.53. The lowest BCUT2D eigenvalue weighted by Gasteiger charge is -2.36. The maximum Gasteiger partial charge on any atom is 0.237 e. The fraction of sp³-hybridized carbons (Fsp3) is 0.684. The van der Waals surface area contributed by atoms with Crippen molar-refractivity contribution in [3.63, 3.8) is 0 Å². The van der Waals surface area contributed by atoms with Crippen molar-refractivity contribution < 1.29 is 9.53 Å². The first-order valence-electron chi connectivity index (χ1n) is 9.51. The van der Waals surface area contributed by atoms with E-state index in [-0.39, 0.29) is 18.1 Å². The summed E-state index contributed by atoms with van der Waals surface area (Å²) in [7, 11) is 0. The third-order valence-corrected chi connectivity index (χ3v) is 5.18. The van der Waals surface area contributed by atoms with E-state index in [1.807, 2.05) is 23.9 Å². The number of allylic oxidation sites excluding steroid dienone is 1. The standard InChI is InChI=1S/C19H30N4O2/c1-16(19(24)20-10-8-17-6-3-2-4-7-17)22-12-13-25-18(14-22)15-23-11-5-9-21-23/h5-6,9,11,16,18H,2-4,7-8,10,12-15H2,1H3,(H,20,24)/t16-,18+/m1/s1. The van der Waals surface area contributed by atoms with Gasteiger partial charge in [-0.05, 0) is 45.1 Å². The molecule has 1 aliphatic heterocycles. The zero-order valence-corrected chi connectivity index (χ0v) is 15.2. The Bertz CT molecular complexity index is 570. The number of carbonyl (C=O) groups is 1. The molecule has 1 aromatic rings. The van der Waals surface area contributed by atoms with Crippen LogP contribution in [-0.4, -0.2) is 59.0 Å². The fourth-order valence-corrected chi connectivity index (χ4v) is 3.61. The van der Waals surface area contributed by atoms with Crippen molar-refractivity contribution in [3.8, 4) is 0 Å². The summed E-state index contributed by atoms with van der Waals surface area (Å²) in [4.78, 5) is 14.7. The summed E-state index contributed by atoms with van der Waals surface area (Å²) < 4.78 is 7.72. The summed E-state index contributed by atoms with van der Waals surface area (Å²) in [5.74, 6) is 0.121. The largest absolute Gasteiger partial charge is 0.374 e. The van der Waals surface area contributed by atoms with Gasteiger partial charge in [0.15, 0.2) is 0 Å². The summed E-state index contributed by atoms with van der Waals surface area (Å²) in [6, 6.07) is 1.79. The molecule has 0 spiro atoms. The van der Waals surface area contributed by atoms with Crippen LogP contribution in [0.5, 0.6) is 0 Å². The normalized spacial score (nSPS) is 23.1. The topological polar surface area (TPSA) is 59.4 Å². The van der Waals surface area contributed by atoms with Gasteiger partial charge in [-0.25, -0.2) is 0 Å². The number of carbonyl (C=O) groups excluding carboxylic acids is 1. The van der Waals surface area contributed by atoms with Crippen LogP contribution < -0.4 is 5.32 Å². The second-order valence-corrected chi connectivity index (χ2v) is 7.04. The average molecular weight is 346 g/mol. The number of amides is 1. The SMILES string of the molecule is C[C@H](C(=O)NCCC1=CCCCC1)N1CCO[C@H](Cn2cccn2)C1. The molecule has 1 aliphatic carbocycles. The predicted molar refractivity (Wildman–Crippen MR) is 97.2 cm³/mol. The molecule has 0 radical (unpaired) electrons. The second kappa shape index (κ2) is 9.15. The quantitative estimate of drug-likeness (QED) is 0.767. The predicted octanol–water partition coefficient (Wildman–Crippen LogP) is 1.98. The van der Waals surface area contributed by atoms with Crippen molar-refractivity contribution in [1.29, 1.82) is 0 Å². The number of hydrogen-bond donors (Lipinski definition) is 1. The van der Waals surface area contributed by atoms with E-state index in [9.17, 15) is 4.79 Å². The number of aromatic nitrogens is 2. The van der Waals surface area contributed by atoms with Crippen LogP contribution in [-0.2, 0) is 16.1 Å². The Labute approximate surface area is 150 Å². The van der Waals surface area contributed by atoms with Crippen molar-refractivity contribution in [2.24, 2.45) is 0 Å². The average Bonchev–Trinajstić information content (AvgIpc) is 3.15. The van der Waals surface area contributed by atoms with E-state index in [1.54, 1.807) is 6.20 Å². The molecule has 1 saturated heterocycles. The number of ether oxygens (including phenoxy) is 1. The van der Waals surface area contributed by atoms with Crippen LogP contribution in [0, 0.1) is 0 Å². The zero-order valence-electron chi connectivity index (χ0n) is 15.2. The van der Waals surface area contributed by atoms with Crippen molar-refractivity contribution >= 4 is 5.91 Å². The Kier molecular flexibility index (Phi) is 6.64. The van der Waals surface area contributed by atoms with Crippen molar-refractivity contribution in [2.75, 3.05) is 26.2 Å². The van der Waals surface area contributed by atoms with Crippen LogP contribution in [0.25, 0.3) is 0 Å². The molecule has 1 N–H and O–H groups in total. The van der Waals surface area contributed by atoms with E-state index in [0.717, 1.165) is 32.6 Å². The van der Waals surface area contributed by atoms with Crippen LogP contribution >= 0.6 is 0 Å². The molecular weight excluding hydrogens is 316 g/mol. The highest BCUT2D eigenvalue weighted by atomic mass is 16.5. The molecule has 3 rings (SSSR count). The molecule has 2 atom stereocenters. The van der Waals surface area contributed by atoms with E-state index in [1.165, 1.54) is 31.3 Å². The molecule has 1 aromatic heterocycles. The minimum atomic E-state index is -0.121. The van der Waals surface area contributed by atoms with Gasteiger partial charge in [0.1, 0.15) is 0 Å². The first-order valence-corrected chi connectivity index (χ1v) is 9.51. The highest BCUT2D eigenvalue weighted by Gasteiger charge is 2.28. The molecule has 1 amide bonds. The molecule has 1 fully saturated rings. The van der Waals surface area contributed by atoms with Gasteiger partial charge in [-0.1, -0.05) is 11.6 Å². The van der Waals surface area contributed by atoms with E-state index in [0.29, 0.717) is 6.61 Å². The molecular formula is C19H30N4O2. The highest BCUT2D eigenvalue weighted by molar-refractivity contribution is 5.81. The number of rotatable bonds is 7. The van der Waals surface area contributed by atoms with Gasteiger partial charge in [-0.3, -0.25) is 14.4 Å². The Morgan fingerprint density at radius 3 is 3.16 bits per heavy atom. The van der Waals surface area contributed by atoms with Gasteiger partial charge >= 0.3 is 0 Å². The third-order valence-electron chi connectivity index (χ3n) is 5.18.